The number of piperidine rings is 1. The van der Waals surface area contributed by atoms with Gasteiger partial charge in [-0.2, -0.15) is 0 Å². The summed E-state index contributed by atoms with van der Waals surface area (Å²) in [5.74, 6) is 0.960. The molecule has 2 nitrogen and oxygen atoms in total. The summed E-state index contributed by atoms with van der Waals surface area (Å²) in [4.78, 5) is 0. The summed E-state index contributed by atoms with van der Waals surface area (Å²) in [6, 6.07) is 0. The summed E-state index contributed by atoms with van der Waals surface area (Å²) in [5, 5.41) is 3.41. The van der Waals surface area contributed by atoms with Crippen LogP contribution in [0.4, 0.5) is 0 Å². The summed E-state index contributed by atoms with van der Waals surface area (Å²) in [5.41, 5.74) is 6.46. The van der Waals surface area contributed by atoms with Crippen LogP contribution < -0.4 is 11.1 Å². The third kappa shape index (κ3) is 2.44. The predicted octanol–water partition coefficient (Wildman–Crippen LogP) is 1.65. The molecule has 0 aromatic rings. The van der Waals surface area contributed by atoms with Gasteiger partial charge in [-0.05, 0) is 64.0 Å². The molecule has 0 radical (unpaired) electrons. The van der Waals surface area contributed by atoms with E-state index in [1.165, 1.54) is 58.0 Å². The van der Waals surface area contributed by atoms with Gasteiger partial charge in [-0.15, -0.1) is 0 Å². The highest BCUT2D eigenvalue weighted by Gasteiger charge is 2.32. The topological polar surface area (TPSA) is 38.0 Å². The van der Waals surface area contributed by atoms with E-state index in [9.17, 15) is 0 Å². The molecular weight excluding hydrogens is 160 g/mol. The molecule has 1 heterocycles. The summed E-state index contributed by atoms with van der Waals surface area (Å²) in [6.07, 6.45) is 9.31. The van der Waals surface area contributed by atoms with Crippen molar-refractivity contribution in [3.8, 4) is 0 Å². The Kier molecular flexibility index (Phi) is 2.89. The first-order valence-corrected chi connectivity index (χ1v) is 5.78. The van der Waals surface area contributed by atoms with E-state index in [1.54, 1.807) is 0 Å². The van der Waals surface area contributed by atoms with Gasteiger partial charge in [0.15, 0.2) is 0 Å². The lowest BCUT2D eigenvalue weighted by Crippen LogP contribution is -2.46. The van der Waals surface area contributed by atoms with Crippen LogP contribution in [0.3, 0.4) is 0 Å². The van der Waals surface area contributed by atoms with E-state index in [-0.39, 0.29) is 5.54 Å². The molecule has 2 fully saturated rings. The Balaban J connectivity index is 1.66. The van der Waals surface area contributed by atoms with Crippen molar-refractivity contribution in [3.05, 3.63) is 0 Å². The second-order valence-corrected chi connectivity index (χ2v) is 4.95. The molecule has 1 saturated heterocycles. The van der Waals surface area contributed by atoms with Crippen LogP contribution in [0.1, 0.15) is 44.9 Å². The summed E-state index contributed by atoms with van der Waals surface area (Å²) >= 11 is 0. The van der Waals surface area contributed by atoms with Gasteiger partial charge >= 0.3 is 0 Å². The number of rotatable bonds is 3. The zero-order chi connectivity index (χ0) is 9.15. The van der Waals surface area contributed by atoms with Crippen molar-refractivity contribution in [2.45, 2.75) is 50.5 Å². The molecule has 13 heavy (non-hydrogen) atoms. The van der Waals surface area contributed by atoms with Gasteiger partial charge in [-0.25, -0.2) is 0 Å². The lowest BCUT2D eigenvalue weighted by atomic mass is 9.73. The molecule has 1 aliphatic heterocycles. The minimum Gasteiger partial charge on any atom is -0.325 e. The number of nitrogens with one attached hydrogen (secondary N) is 1. The average molecular weight is 182 g/mol. The largest absolute Gasteiger partial charge is 0.325 e. The minimum atomic E-state index is 0.255. The molecule has 0 bridgehead atoms. The zero-order valence-electron chi connectivity index (χ0n) is 8.52. The van der Waals surface area contributed by atoms with E-state index >= 15 is 0 Å². The summed E-state index contributed by atoms with van der Waals surface area (Å²) < 4.78 is 0. The fourth-order valence-electron chi connectivity index (χ4n) is 2.54. The highest BCUT2D eigenvalue weighted by atomic mass is 14.9. The molecule has 2 rings (SSSR count). The zero-order valence-corrected chi connectivity index (χ0v) is 8.52. The van der Waals surface area contributed by atoms with Crippen molar-refractivity contribution in [3.63, 3.8) is 0 Å². The van der Waals surface area contributed by atoms with Gasteiger partial charge in [-0.3, -0.25) is 0 Å². The van der Waals surface area contributed by atoms with E-state index in [0.717, 1.165) is 5.92 Å². The maximum atomic E-state index is 6.20. The highest BCUT2D eigenvalue weighted by Crippen LogP contribution is 2.35. The fraction of sp³-hybridized carbons (Fsp3) is 1.00. The minimum absolute atomic E-state index is 0.255. The lowest BCUT2D eigenvalue weighted by molar-refractivity contribution is 0.203. The van der Waals surface area contributed by atoms with Crippen LogP contribution in [0.15, 0.2) is 0 Å². The SMILES string of the molecule is NC1(CCC2CCNCC2)CCC1. The van der Waals surface area contributed by atoms with Gasteiger partial charge in [0, 0.05) is 5.54 Å². The van der Waals surface area contributed by atoms with Crippen molar-refractivity contribution in [1.29, 1.82) is 0 Å². The molecule has 0 aromatic carbocycles. The molecule has 1 saturated carbocycles. The van der Waals surface area contributed by atoms with Gasteiger partial charge in [0.1, 0.15) is 0 Å². The van der Waals surface area contributed by atoms with E-state index in [4.69, 9.17) is 5.73 Å². The smallest absolute Gasteiger partial charge is 0.0154 e. The molecule has 0 amide bonds. The van der Waals surface area contributed by atoms with Crippen LogP contribution in [-0.2, 0) is 0 Å². The van der Waals surface area contributed by atoms with Crippen LogP contribution in [-0.4, -0.2) is 18.6 Å². The van der Waals surface area contributed by atoms with Crippen molar-refractivity contribution in [2.24, 2.45) is 11.7 Å². The van der Waals surface area contributed by atoms with Crippen LogP contribution in [0.25, 0.3) is 0 Å². The molecule has 2 heteroatoms. The fourth-order valence-corrected chi connectivity index (χ4v) is 2.54. The quantitative estimate of drug-likeness (QED) is 0.696. The normalized spacial score (nSPS) is 28.4. The second-order valence-electron chi connectivity index (χ2n) is 4.95. The molecule has 0 atom stereocenters. The van der Waals surface area contributed by atoms with Gasteiger partial charge in [0.2, 0.25) is 0 Å². The van der Waals surface area contributed by atoms with Crippen LogP contribution in [0, 0.1) is 5.92 Å². The van der Waals surface area contributed by atoms with Crippen LogP contribution >= 0.6 is 0 Å². The maximum absolute atomic E-state index is 6.20. The Morgan fingerprint density at radius 1 is 1.23 bits per heavy atom. The van der Waals surface area contributed by atoms with Gasteiger partial charge < -0.3 is 11.1 Å². The van der Waals surface area contributed by atoms with Crippen molar-refractivity contribution >= 4 is 0 Å². The van der Waals surface area contributed by atoms with Crippen molar-refractivity contribution in [1.82, 2.24) is 5.32 Å². The van der Waals surface area contributed by atoms with Gasteiger partial charge in [-0.1, -0.05) is 0 Å². The first-order valence-electron chi connectivity index (χ1n) is 5.78. The van der Waals surface area contributed by atoms with E-state index in [2.05, 4.69) is 5.32 Å². The molecule has 0 unspecified atom stereocenters. The molecule has 1 aliphatic carbocycles. The number of hydrogen-bond donors (Lipinski definition) is 2. The van der Waals surface area contributed by atoms with Crippen LogP contribution in [0.2, 0.25) is 0 Å². The Labute approximate surface area is 81.3 Å². The average Bonchev–Trinajstić information content (AvgIpc) is 2.13. The van der Waals surface area contributed by atoms with Gasteiger partial charge in [0.05, 0.1) is 0 Å². The standard InChI is InChI=1S/C11H22N2/c12-11(5-1-6-11)7-2-10-3-8-13-9-4-10/h10,13H,1-9,12H2. The lowest BCUT2D eigenvalue weighted by Gasteiger charge is -2.39. The van der Waals surface area contributed by atoms with Crippen molar-refractivity contribution < 1.29 is 0 Å². The summed E-state index contributed by atoms with van der Waals surface area (Å²) in [7, 11) is 0. The van der Waals surface area contributed by atoms with E-state index in [1.807, 2.05) is 0 Å². The molecule has 3 N–H and O–H groups in total. The third-order valence-corrected chi connectivity index (χ3v) is 3.86. The molecule has 76 valence electrons. The Hall–Kier alpha value is -0.0800. The number of hydrogen-bond acceptors (Lipinski definition) is 2. The van der Waals surface area contributed by atoms with Crippen molar-refractivity contribution in [2.75, 3.05) is 13.1 Å². The highest BCUT2D eigenvalue weighted by molar-refractivity contribution is 4.92. The first kappa shape index (κ1) is 9.47. The Morgan fingerprint density at radius 3 is 2.46 bits per heavy atom. The van der Waals surface area contributed by atoms with E-state index < -0.39 is 0 Å². The maximum Gasteiger partial charge on any atom is 0.0154 e. The summed E-state index contributed by atoms with van der Waals surface area (Å²) in [6.45, 7) is 2.45. The number of nitrogens with two attached hydrogens (primary N) is 1. The molecular formula is C11H22N2. The molecule has 0 spiro atoms. The predicted molar refractivity (Wildman–Crippen MR) is 55.6 cm³/mol. The monoisotopic (exact) mass is 182 g/mol. The Bertz CT molecular complexity index is 157. The van der Waals surface area contributed by atoms with E-state index in [0.29, 0.717) is 0 Å². The first-order chi connectivity index (χ1) is 6.29. The molecule has 2 aliphatic rings. The Morgan fingerprint density at radius 2 is 1.92 bits per heavy atom. The molecule has 0 aromatic heterocycles. The van der Waals surface area contributed by atoms with Crippen LogP contribution in [0.5, 0.6) is 0 Å². The van der Waals surface area contributed by atoms with Gasteiger partial charge in [0.25, 0.3) is 0 Å². The second kappa shape index (κ2) is 3.97. The third-order valence-electron chi connectivity index (χ3n) is 3.86.